The summed E-state index contributed by atoms with van der Waals surface area (Å²) < 4.78 is 79.9. The standard InChI is InChI=1S/C30H37F5O2/c1-4-36-30(3,37-5-2)24(22-19-18-20-14-12-13-15-21(20)22)17-11-9-7-6-8-10-16-23-25(31)27(33)29(35)28(34)26(23)32/h12-15,18-19,22,24H,4-11,16-17H2,1-3H3. The Bertz CT molecular complexity index is 1030. The Kier molecular flexibility index (Phi) is 10.7. The van der Waals surface area contributed by atoms with Crippen LogP contribution in [0.4, 0.5) is 22.0 Å². The highest BCUT2D eigenvalue weighted by molar-refractivity contribution is 5.62. The molecule has 37 heavy (non-hydrogen) atoms. The van der Waals surface area contributed by atoms with Crippen molar-refractivity contribution < 1.29 is 31.4 Å². The van der Waals surface area contributed by atoms with Crippen LogP contribution in [0.3, 0.4) is 0 Å². The van der Waals surface area contributed by atoms with Crippen LogP contribution in [-0.2, 0) is 15.9 Å². The minimum Gasteiger partial charge on any atom is -0.350 e. The summed E-state index contributed by atoms with van der Waals surface area (Å²) >= 11 is 0. The molecule has 0 bridgehead atoms. The molecule has 1 aliphatic carbocycles. The molecule has 0 heterocycles. The maximum absolute atomic E-state index is 13.8. The molecule has 0 aromatic heterocycles. The van der Waals surface area contributed by atoms with Crippen molar-refractivity contribution in [3.8, 4) is 0 Å². The summed E-state index contributed by atoms with van der Waals surface area (Å²) in [5.41, 5.74) is 1.78. The zero-order chi connectivity index (χ0) is 27.0. The van der Waals surface area contributed by atoms with Crippen molar-refractivity contribution in [1.29, 1.82) is 0 Å². The number of unbranched alkanes of at least 4 members (excludes halogenated alkanes) is 5. The molecule has 3 rings (SSSR count). The SMILES string of the molecule is CCOC(C)(OCC)C(CCCCCCCCc1c(F)c(F)c(F)c(F)c1F)C1C=Cc2ccccc21. The fourth-order valence-electron chi connectivity index (χ4n) is 5.47. The average molecular weight is 525 g/mol. The average Bonchev–Trinajstić information content (AvgIpc) is 3.31. The number of allylic oxidation sites excluding steroid dienone is 1. The van der Waals surface area contributed by atoms with Gasteiger partial charge in [0.15, 0.2) is 29.1 Å². The van der Waals surface area contributed by atoms with Crippen molar-refractivity contribution in [3.63, 3.8) is 0 Å². The first kappa shape index (κ1) is 29.3. The summed E-state index contributed by atoms with van der Waals surface area (Å²) in [4.78, 5) is 0. The van der Waals surface area contributed by atoms with Crippen molar-refractivity contribution in [2.45, 2.75) is 83.8 Å². The molecule has 2 unspecified atom stereocenters. The van der Waals surface area contributed by atoms with Gasteiger partial charge in [0.05, 0.1) is 0 Å². The van der Waals surface area contributed by atoms with Gasteiger partial charge in [0.1, 0.15) is 0 Å². The van der Waals surface area contributed by atoms with Crippen LogP contribution < -0.4 is 0 Å². The number of hydrogen-bond donors (Lipinski definition) is 0. The molecular formula is C30H37F5O2. The molecule has 0 aliphatic heterocycles. The molecule has 0 saturated heterocycles. The first-order chi connectivity index (χ1) is 17.7. The Morgan fingerprint density at radius 3 is 1.92 bits per heavy atom. The molecule has 2 aromatic carbocycles. The Balaban J connectivity index is 1.52. The highest BCUT2D eigenvalue weighted by Gasteiger charge is 2.41. The van der Waals surface area contributed by atoms with Crippen molar-refractivity contribution >= 4 is 6.08 Å². The van der Waals surface area contributed by atoms with E-state index in [1.54, 1.807) is 0 Å². The Morgan fingerprint density at radius 1 is 0.757 bits per heavy atom. The van der Waals surface area contributed by atoms with E-state index in [1.165, 1.54) is 11.1 Å². The summed E-state index contributed by atoms with van der Waals surface area (Å²) in [6.07, 6.45) is 9.81. The topological polar surface area (TPSA) is 18.5 Å². The maximum Gasteiger partial charge on any atom is 0.200 e. The molecule has 2 aromatic rings. The lowest BCUT2D eigenvalue weighted by Gasteiger charge is -2.40. The van der Waals surface area contributed by atoms with Gasteiger partial charge in [-0.1, -0.05) is 68.5 Å². The molecule has 2 atom stereocenters. The van der Waals surface area contributed by atoms with Gasteiger partial charge in [-0.05, 0) is 51.2 Å². The van der Waals surface area contributed by atoms with Crippen LogP contribution in [0.5, 0.6) is 0 Å². The molecule has 0 N–H and O–H groups in total. The number of hydrogen-bond acceptors (Lipinski definition) is 2. The van der Waals surface area contributed by atoms with E-state index < -0.39 is 40.4 Å². The minimum absolute atomic E-state index is 0.126. The van der Waals surface area contributed by atoms with E-state index >= 15 is 0 Å². The molecule has 0 radical (unpaired) electrons. The Labute approximate surface area is 216 Å². The second kappa shape index (κ2) is 13.5. The fraction of sp³-hybridized carbons (Fsp3) is 0.533. The maximum atomic E-state index is 13.8. The Morgan fingerprint density at radius 2 is 1.30 bits per heavy atom. The third kappa shape index (κ3) is 6.80. The van der Waals surface area contributed by atoms with Crippen LogP contribution in [0.25, 0.3) is 6.08 Å². The van der Waals surface area contributed by atoms with Crippen molar-refractivity contribution in [3.05, 3.63) is 76.1 Å². The van der Waals surface area contributed by atoms with Crippen LogP contribution in [-0.4, -0.2) is 19.0 Å². The summed E-state index contributed by atoms with van der Waals surface area (Å²) in [5, 5.41) is 0. The molecule has 0 fully saturated rings. The molecule has 204 valence electrons. The number of halogens is 5. The van der Waals surface area contributed by atoms with Gasteiger partial charge in [0.2, 0.25) is 5.82 Å². The predicted octanol–water partition coefficient (Wildman–Crippen LogP) is 8.87. The summed E-state index contributed by atoms with van der Waals surface area (Å²) in [6.45, 7) is 7.07. The van der Waals surface area contributed by atoms with Gasteiger partial charge in [-0.2, -0.15) is 0 Å². The van der Waals surface area contributed by atoms with E-state index in [-0.39, 0.29) is 18.3 Å². The molecule has 7 heteroatoms. The van der Waals surface area contributed by atoms with E-state index in [4.69, 9.17) is 9.47 Å². The first-order valence-electron chi connectivity index (χ1n) is 13.3. The summed E-state index contributed by atoms with van der Waals surface area (Å²) in [6, 6.07) is 8.38. The molecular weight excluding hydrogens is 487 g/mol. The largest absolute Gasteiger partial charge is 0.350 e. The zero-order valence-electron chi connectivity index (χ0n) is 21.9. The lowest BCUT2D eigenvalue weighted by atomic mass is 9.78. The van der Waals surface area contributed by atoms with Gasteiger partial charge in [0, 0.05) is 30.6 Å². The normalized spacial score (nSPS) is 15.8. The molecule has 0 amide bonds. The lowest BCUT2D eigenvalue weighted by Crippen LogP contribution is -2.43. The van der Waals surface area contributed by atoms with Crippen molar-refractivity contribution in [1.82, 2.24) is 0 Å². The van der Waals surface area contributed by atoms with Gasteiger partial charge >= 0.3 is 0 Å². The number of benzene rings is 2. The molecule has 1 aliphatic rings. The van der Waals surface area contributed by atoms with Crippen LogP contribution in [0, 0.1) is 35.0 Å². The number of rotatable bonds is 15. The van der Waals surface area contributed by atoms with Gasteiger partial charge in [-0.15, -0.1) is 0 Å². The van der Waals surface area contributed by atoms with E-state index in [2.05, 4.69) is 30.4 Å². The van der Waals surface area contributed by atoms with E-state index in [0.29, 0.717) is 26.1 Å². The zero-order valence-corrected chi connectivity index (χ0v) is 21.9. The van der Waals surface area contributed by atoms with Gasteiger partial charge in [-0.3, -0.25) is 0 Å². The van der Waals surface area contributed by atoms with Crippen LogP contribution in [0.15, 0.2) is 30.3 Å². The second-order valence-corrected chi connectivity index (χ2v) is 9.71. The van der Waals surface area contributed by atoms with Crippen LogP contribution in [0.1, 0.15) is 88.3 Å². The lowest BCUT2D eigenvalue weighted by molar-refractivity contribution is -0.255. The summed E-state index contributed by atoms with van der Waals surface area (Å²) in [7, 11) is 0. The summed E-state index contributed by atoms with van der Waals surface area (Å²) in [5.74, 6) is -9.72. The van der Waals surface area contributed by atoms with Crippen molar-refractivity contribution in [2.75, 3.05) is 13.2 Å². The van der Waals surface area contributed by atoms with Crippen LogP contribution in [0.2, 0.25) is 0 Å². The molecule has 2 nitrogen and oxygen atoms in total. The second-order valence-electron chi connectivity index (χ2n) is 9.71. The fourth-order valence-corrected chi connectivity index (χ4v) is 5.47. The van der Waals surface area contributed by atoms with E-state index in [0.717, 1.165) is 32.1 Å². The molecule has 0 saturated carbocycles. The monoisotopic (exact) mass is 524 g/mol. The predicted molar refractivity (Wildman–Crippen MR) is 136 cm³/mol. The van der Waals surface area contributed by atoms with Gasteiger partial charge in [-0.25, -0.2) is 22.0 Å². The highest BCUT2D eigenvalue weighted by atomic mass is 19.2. The van der Waals surface area contributed by atoms with Crippen LogP contribution >= 0.6 is 0 Å². The smallest absolute Gasteiger partial charge is 0.200 e. The number of ether oxygens (including phenoxy) is 2. The van der Waals surface area contributed by atoms with Gasteiger partial charge in [0.25, 0.3) is 0 Å². The Hall–Kier alpha value is -2.25. The number of fused-ring (bicyclic) bond motifs is 1. The molecule has 0 spiro atoms. The third-order valence-electron chi connectivity index (χ3n) is 7.30. The quantitative estimate of drug-likeness (QED) is 0.0762. The van der Waals surface area contributed by atoms with Gasteiger partial charge < -0.3 is 9.47 Å². The minimum atomic E-state index is -2.11. The third-order valence-corrected chi connectivity index (χ3v) is 7.30. The highest BCUT2D eigenvalue weighted by Crippen LogP contribution is 2.44. The van der Waals surface area contributed by atoms with Crippen molar-refractivity contribution in [2.24, 2.45) is 5.92 Å². The van der Waals surface area contributed by atoms with E-state index in [9.17, 15) is 22.0 Å². The first-order valence-corrected chi connectivity index (χ1v) is 13.3. The van der Waals surface area contributed by atoms with E-state index in [1.807, 2.05) is 26.8 Å².